The summed E-state index contributed by atoms with van der Waals surface area (Å²) in [5.41, 5.74) is 2.89. The monoisotopic (exact) mass is 331 g/mol. The molecule has 0 aliphatic heterocycles. The molecule has 0 saturated heterocycles. The molecular weight excluding hydrogens is 317 g/mol. The lowest BCUT2D eigenvalue weighted by Crippen LogP contribution is -2.06. The van der Waals surface area contributed by atoms with Crippen LogP contribution in [0.3, 0.4) is 0 Å². The van der Waals surface area contributed by atoms with E-state index in [4.69, 9.17) is 16.0 Å². The molecule has 0 saturated carbocycles. The third kappa shape index (κ3) is 3.22. The Balaban J connectivity index is 1.97. The Kier molecular flexibility index (Phi) is 4.09. The highest BCUT2D eigenvalue weighted by Gasteiger charge is 2.09. The lowest BCUT2D eigenvalue weighted by Gasteiger charge is -2.10. The summed E-state index contributed by atoms with van der Waals surface area (Å²) in [5, 5.41) is 4.49. The van der Waals surface area contributed by atoms with Crippen molar-refractivity contribution in [2.24, 2.45) is 0 Å². The minimum atomic E-state index is -0.425. The molecule has 3 nitrogen and oxygen atoms in total. The van der Waals surface area contributed by atoms with Crippen LogP contribution in [0.1, 0.15) is 16.7 Å². The first-order chi connectivity index (χ1) is 10.9. The standard InChI is InChI=1S/C18H15ClFNO2/c1-10-3-4-13(7-16(10)20)21-9-12-6-18(22)23-17-5-11(2)15(19)8-14(12)17/h3-8,21H,9H2,1-2H3. The molecular formula is C18H15ClFNO2. The topological polar surface area (TPSA) is 42.2 Å². The van der Waals surface area contributed by atoms with Crippen molar-refractivity contribution in [3.63, 3.8) is 0 Å². The van der Waals surface area contributed by atoms with Gasteiger partial charge in [-0.15, -0.1) is 0 Å². The van der Waals surface area contributed by atoms with Crippen molar-refractivity contribution in [2.45, 2.75) is 20.4 Å². The molecule has 0 spiro atoms. The summed E-state index contributed by atoms with van der Waals surface area (Å²) in [6.45, 7) is 3.92. The first-order valence-electron chi connectivity index (χ1n) is 7.17. The van der Waals surface area contributed by atoms with Crippen LogP contribution in [-0.2, 0) is 6.54 Å². The van der Waals surface area contributed by atoms with Gasteiger partial charge in [0.05, 0.1) is 0 Å². The number of hydrogen-bond acceptors (Lipinski definition) is 3. The van der Waals surface area contributed by atoms with E-state index in [1.54, 1.807) is 31.2 Å². The second-order valence-electron chi connectivity index (χ2n) is 5.51. The van der Waals surface area contributed by atoms with Gasteiger partial charge in [0.15, 0.2) is 0 Å². The lowest BCUT2D eigenvalue weighted by atomic mass is 10.1. The summed E-state index contributed by atoms with van der Waals surface area (Å²) in [4.78, 5) is 11.7. The molecule has 3 rings (SSSR count). The van der Waals surface area contributed by atoms with Gasteiger partial charge in [0.25, 0.3) is 0 Å². The predicted octanol–water partition coefficient (Wildman–Crippen LogP) is 4.81. The molecule has 0 aliphatic rings. The Morgan fingerprint density at radius 1 is 1.13 bits per heavy atom. The Bertz CT molecular complexity index is 950. The van der Waals surface area contributed by atoms with Crippen LogP contribution in [0.5, 0.6) is 0 Å². The molecule has 1 heterocycles. The maximum absolute atomic E-state index is 13.6. The van der Waals surface area contributed by atoms with Crippen LogP contribution in [0.4, 0.5) is 10.1 Å². The summed E-state index contributed by atoms with van der Waals surface area (Å²) in [6.07, 6.45) is 0. The zero-order chi connectivity index (χ0) is 16.6. The zero-order valence-corrected chi connectivity index (χ0v) is 13.5. The molecule has 5 heteroatoms. The Labute approximate surface area is 137 Å². The van der Waals surface area contributed by atoms with Crippen molar-refractivity contribution in [2.75, 3.05) is 5.32 Å². The van der Waals surface area contributed by atoms with Gasteiger partial charge in [-0.3, -0.25) is 0 Å². The summed E-state index contributed by atoms with van der Waals surface area (Å²) < 4.78 is 18.8. The third-order valence-electron chi connectivity index (χ3n) is 3.76. The van der Waals surface area contributed by atoms with Gasteiger partial charge in [0.2, 0.25) is 0 Å². The third-order valence-corrected chi connectivity index (χ3v) is 4.17. The lowest BCUT2D eigenvalue weighted by molar-refractivity contribution is 0.559. The van der Waals surface area contributed by atoms with Gasteiger partial charge in [0.1, 0.15) is 11.4 Å². The second-order valence-corrected chi connectivity index (χ2v) is 5.91. The number of hydrogen-bond donors (Lipinski definition) is 1. The van der Waals surface area contributed by atoms with Gasteiger partial charge in [-0.05, 0) is 54.8 Å². The quantitative estimate of drug-likeness (QED) is 0.700. The molecule has 23 heavy (non-hydrogen) atoms. The van der Waals surface area contributed by atoms with Crippen molar-refractivity contribution in [3.05, 3.63) is 74.3 Å². The van der Waals surface area contributed by atoms with Crippen molar-refractivity contribution < 1.29 is 8.81 Å². The fraction of sp³-hybridized carbons (Fsp3) is 0.167. The Morgan fingerprint density at radius 2 is 1.91 bits per heavy atom. The van der Waals surface area contributed by atoms with Gasteiger partial charge in [-0.2, -0.15) is 0 Å². The summed E-state index contributed by atoms with van der Waals surface area (Å²) in [5.74, 6) is -0.272. The fourth-order valence-electron chi connectivity index (χ4n) is 2.39. The zero-order valence-electron chi connectivity index (χ0n) is 12.7. The highest BCUT2D eigenvalue weighted by atomic mass is 35.5. The average Bonchev–Trinajstić information content (AvgIpc) is 2.50. The fourth-order valence-corrected chi connectivity index (χ4v) is 2.56. The molecule has 3 aromatic rings. The number of fused-ring (bicyclic) bond motifs is 1. The minimum Gasteiger partial charge on any atom is -0.423 e. The molecule has 0 atom stereocenters. The Morgan fingerprint density at radius 3 is 2.65 bits per heavy atom. The highest BCUT2D eigenvalue weighted by molar-refractivity contribution is 6.32. The minimum absolute atomic E-state index is 0.272. The highest BCUT2D eigenvalue weighted by Crippen LogP contribution is 2.25. The Hall–Kier alpha value is -2.33. The van der Waals surface area contributed by atoms with E-state index < -0.39 is 5.63 Å². The van der Waals surface area contributed by atoms with Crippen LogP contribution in [0.25, 0.3) is 11.0 Å². The largest absolute Gasteiger partial charge is 0.423 e. The number of anilines is 1. The van der Waals surface area contributed by atoms with E-state index in [-0.39, 0.29) is 5.82 Å². The smallest absolute Gasteiger partial charge is 0.336 e. The maximum Gasteiger partial charge on any atom is 0.336 e. The molecule has 118 valence electrons. The second kappa shape index (κ2) is 6.05. The van der Waals surface area contributed by atoms with Crippen LogP contribution >= 0.6 is 11.6 Å². The van der Waals surface area contributed by atoms with Crippen molar-refractivity contribution >= 4 is 28.3 Å². The van der Waals surface area contributed by atoms with E-state index in [1.807, 2.05) is 6.92 Å². The molecule has 0 unspecified atom stereocenters. The van der Waals surface area contributed by atoms with Gasteiger partial charge in [-0.1, -0.05) is 17.7 Å². The van der Waals surface area contributed by atoms with Crippen LogP contribution < -0.4 is 10.9 Å². The molecule has 2 aromatic carbocycles. The van der Waals surface area contributed by atoms with Crippen molar-refractivity contribution in [3.8, 4) is 0 Å². The average molecular weight is 332 g/mol. The van der Waals surface area contributed by atoms with Crippen molar-refractivity contribution in [1.82, 2.24) is 0 Å². The first-order valence-corrected chi connectivity index (χ1v) is 7.55. The summed E-state index contributed by atoms with van der Waals surface area (Å²) in [6, 6.07) is 9.88. The van der Waals surface area contributed by atoms with Crippen molar-refractivity contribution in [1.29, 1.82) is 0 Å². The van der Waals surface area contributed by atoms with Gasteiger partial charge in [0, 0.05) is 28.7 Å². The number of aryl methyl sites for hydroxylation is 2. The molecule has 1 N–H and O–H groups in total. The molecule has 1 aromatic heterocycles. The van der Waals surface area contributed by atoms with Gasteiger partial charge < -0.3 is 9.73 Å². The van der Waals surface area contributed by atoms with E-state index in [1.165, 1.54) is 12.1 Å². The summed E-state index contributed by atoms with van der Waals surface area (Å²) >= 11 is 6.16. The van der Waals surface area contributed by atoms with Gasteiger partial charge >= 0.3 is 5.63 Å². The molecule has 0 amide bonds. The van der Waals surface area contributed by atoms with Crippen LogP contribution in [-0.4, -0.2) is 0 Å². The predicted molar refractivity (Wildman–Crippen MR) is 90.7 cm³/mol. The number of nitrogens with one attached hydrogen (secondary N) is 1. The number of benzene rings is 2. The SMILES string of the molecule is Cc1ccc(NCc2cc(=O)oc3cc(C)c(Cl)cc23)cc1F. The van der Waals surface area contributed by atoms with Crippen LogP contribution in [0.2, 0.25) is 5.02 Å². The molecule has 0 fully saturated rings. The van der Waals surface area contributed by atoms with E-state index in [0.29, 0.717) is 28.4 Å². The molecule has 0 radical (unpaired) electrons. The van der Waals surface area contributed by atoms with E-state index in [2.05, 4.69) is 5.32 Å². The van der Waals surface area contributed by atoms with Gasteiger partial charge in [-0.25, -0.2) is 9.18 Å². The first kappa shape index (κ1) is 15.6. The number of halogens is 2. The molecule has 0 aliphatic carbocycles. The van der Waals surface area contributed by atoms with Crippen LogP contribution in [0, 0.1) is 19.7 Å². The van der Waals surface area contributed by atoms with E-state index >= 15 is 0 Å². The maximum atomic E-state index is 13.6. The number of rotatable bonds is 3. The normalized spacial score (nSPS) is 11.0. The van der Waals surface area contributed by atoms with E-state index in [0.717, 1.165) is 16.5 Å². The molecule has 0 bridgehead atoms. The van der Waals surface area contributed by atoms with Crippen LogP contribution in [0.15, 0.2) is 45.6 Å². The summed E-state index contributed by atoms with van der Waals surface area (Å²) in [7, 11) is 0. The van der Waals surface area contributed by atoms with E-state index in [9.17, 15) is 9.18 Å².